The molecule has 4 nitrogen and oxygen atoms in total. The van der Waals surface area contributed by atoms with Crippen LogP contribution in [0.4, 0.5) is 5.69 Å². The van der Waals surface area contributed by atoms with Gasteiger partial charge in [0.2, 0.25) is 5.88 Å². The normalized spacial score (nSPS) is 16.3. The van der Waals surface area contributed by atoms with E-state index in [1.807, 2.05) is 37.3 Å². The van der Waals surface area contributed by atoms with Crippen LogP contribution in [0.25, 0.3) is 0 Å². The van der Waals surface area contributed by atoms with Gasteiger partial charge in [-0.25, -0.2) is 4.79 Å². The lowest BCUT2D eigenvalue weighted by Gasteiger charge is -2.14. The van der Waals surface area contributed by atoms with E-state index in [9.17, 15) is 4.79 Å². The van der Waals surface area contributed by atoms with E-state index in [0.29, 0.717) is 0 Å². The van der Waals surface area contributed by atoms with E-state index >= 15 is 0 Å². The molecule has 98 valence electrons. The largest absolute Gasteiger partial charge is 0.478 e. The molecular formula is C15H15NO3. The van der Waals surface area contributed by atoms with E-state index in [1.165, 1.54) is 6.08 Å². The first-order valence-corrected chi connectivity index (χ1v) is 6.04. The van der Waals surface area contributed by atoms with Crippen LogP contribution in [0.3, 0.4) is 0 Å². The number of fused-ring (bicyclic) bond motifs is 1. The Bertz CT molecular complexity index is 558. The molecular weight excluding hydrogens is 242 g/mol. The topological polar surface area (TPSA) is 49.8 Å². The number of para-hydroxylation sites is 2. The summed E-state index contributed by atoms with van der Waals surface area (Å²) in [5.74, 6) is 0.616. The van der Waals surface area contributed by atoms with Gasteiger partial charge in [0.05, 0.1) is 5.69 Å². The number of hydrogen-bond donors (Lipinski definition) is 1. The molecule has 1 aromatic carbocycles. The van der Waals surface area contributed by atoms with Crippen molar-refractivity contribution in [1.29, 1.82) is 0 Å². The summed E-state index contributed by atoms with van der Waals surface area (Å²) in [5.41, 5.74) is 1.05. The molecule has 1 heterocycles. The van der Waals surface area contributed by atoms with Crippen LogP contribution in [0.15, 0.2) is 60.5 Å². The number of rotatable bonds is 4. The third kappa shape index (κ3) is 3.04. The highest BCUT2D eigenvalue weighted by Gasteiger charge is 2.23. The number of hydrogen-bond acceptors (Lipinski definition) is 3. The van der Waals surface area contributed by atoms with Crippen molar-refractivity contribution in [2.45, 2.75) is 6.92 Å². The Kier molecular flexibility index (Phi) is 4.03. The number of allylic oxidation sites excluding steroid dienone is 4. The SMILES string of the molecule is CCN1/C(=C/C=C/C=C/C(=O)O)Oc2ccccc21. The maximum absolute atomic E-state index is 10.3. The van der Waals surface area contributed by atoms with Crippen molar-refractivity contribution < 1.29 is 14.6 Å². The van der Waals surface area contributed by atoms with Gasteiger partial charge in [0.15, 0.2) is 5.75 Å². The molecule has 0 atom stereocenters. The van der Waals surface area contributed by atoms with Crippen molar-refractivity contribution in [1.82, 2.24) is 0 Å². The second kappa shape index (κ2) is 5.91. The average molecular weight is 257 g/mol. The molecule has 4 heteroatoms. The third-order valence-electron chi connectivity index (χ3n) is 2.65. The molecule has 2 rings (SSSR count). The molecule has 1 aliphatic rings. The number of nitrogens with zero attached hydrogens (tertiary/aromatic N) is 1. The smallest absolute Gasteiger partial charge is 0.328 e. The van der Waals surface area contributed by atoms with Crippen molar-refractivity contribution in [3.63, 3.8) is 0 Å². The standard InChI is InChI=1S/C15H15NO3/c1-2-16-12-8-6-7-9-13(12)19-14(16)10-4-3-5-11-15(17)18/h3-11H,2H2,1H3,(H,17,18)/b4-3+,11-5+,14-10-. The van der Waals surface area contributed by atoms with Crippen molar-refractivity contribution >= 4 is 11.7 Å². The quantitative estimate of drug-likeness (QED) is 0.665. The van der Waals surface area contributed by atoms with E-state index in [1.54, 1.807) is 12.2 Å². The number of ether oxygens (including phenoxy) is 1. The van der Waals surface area contributed by atoms with Gasteiger partial charge in [0, 0.05) is 12.6 Å². The van der Waals surface area contributed by atoms with Crippen LogP contribution >= 0.6 is 0 Å². The Hall–Kier alpha value is -2.49. The first-order valence-electron chi connectivity index (χ1n) is 6.04. The fourth-order valence-electron chi connectivity index (χ4n) is 1.84. The lowest BCUT2D eigenvalue weighted by Crippen LogP contribution is -2.18. The Morgan fingerprint density at radius 2 is 2.11 bits per heavy atom. The Balaban J connectivity index is 2.12. The first-order chi connectivity index (χ1) is 9.22. The lowest BCUT2D eigenvalue weighted by molar-refractivity contribution is -0.131. The maximum atomic E-state index is 10.3. The van der Waals surface area contributed by atoms with Gasteiger partial charge in [-0.2, -0.15) is 0 Å². The first kappa shape index (κ1) is 13.0. The number of carboxylic acid groups (broad SMARTS) is 1. The molecule has 1 N–H and O–H groups in total. The highest BCUT2D eigenvalue weighted by atomic mass is 16.5. The molecule has 0 fully saturated rings. The summed E-state index contributed by atoms with van der Waals surface area (Å²) >= 11 is 0. The fourth-order valence-corrected chi connectivity index (χ4v) is 1.84. The molecule has 0 aliphatic carbocycles. The molecule has 0 saturated carbocycles. The number of carbonyl (C=O) groups is 1. The molecule has 0 saturated heterocycles. The third-order valence-corrected chi connectivity index (χ3v) is 2.65. The van der Waals surface area contributed by atoms with E-state index in [-0.39, 0.29) is 0 Å². The van der Waals surface area contributed by atoms with Gasteiger partial charge in [-0.1, -0.05) is 30.4 Å². The molecule has 0 spiro atoms. The fraction of sp³-hybridized carbons (Fsp3) is 0.133. The highest BCUT2D eigenvalue weighted by Crippen LogP contribution is 2.38. The molecule has 0 bridgehead atoms. The van der Waals surface area contributed by atoms with Crippen LogP contribution in [0, 0.1) is 0 Å². The van der Waals surface area contributed by atoms with E-state index < -0.39 is 5.97 Å². The average Bonchev–Trinajstić information content (AvgIpc) is 2.75. The lowest BCUT2D eigenvalue weighted by atomic mass is 10.3. The summed E-state index contributed by atoms with van der Waals surface area (Å²) in [6, 6.07) is 7.83. The maximum Gasteiger partial charge on any atom is 0.328 e. The molecule has 1 aliphatic heterocycles. The molecule has 0 unspecified atom stereocenters. The Morgan fingerprint density at radius 3 is 2.84 bits per heavy atom. The van der Waals surface area contributed by atoms with E-state index in [2.05, 4.69) is 4.90 Å². The van der Waals surface area contributed by atoms with Crippen LogP contribution in [0.2, 0.25) is 0 Å². The summed E-state index contributed by atoms with van der Waals surface area (Å²) in [6.07, 6.45) is 7.77. The van der Waals surface area contributed by atoms with Crippen molar-refractivity contribution in [2.75, 3.05) is 11.4 Å². The Morgan fingerprint density at radius 1 is 1.32 bits per heavy atom. The predicted molar refractivity (Wildman–Crippen MR) is 74.1 cm³/mol. The molecule has 0 amide bonds. The molecule has 0 aromatic heterocycles. The van der Waals surface area contributed by atoms with Crippen LogP contribution in [0.1, 0.15) is 6.92 Å². The summed E-state index contributed by atoms with van der Waals surface area (Å²) in [5, 5.41) is 8.45. The predicted octanol–water partition coefficient (Wildman–Crippen LogP) is 2.94. The van der Waals surface area contributed by atoms with Gasteiger partial charge in [0.25, 0.3) is 0 Å². The van der Waals surface area contributed by atoms with Gasteiger partial charge in [-0.3, -0.25) is 0 Å². The van der Waals surface area contributed by atoms with Gasteiger partial charge >= 0.3 is 5.97 Å². The van der Waals surface area contributed by atoms with Crippen molar-refractivity contribution in [2.24, 2.45) is 0 Å². The van der Waals surface area contributed by atoms with E-state index in [0.717, 1.165) is 29.9 Å². The zero-order valence-electron chi connectivity index (χ0n) is 10.6. The highest BCUT2D eigenvalue weighted by molar-refractivity contribution is 5.80. The monoisotopic (exact) mass is 257 g/mol. The molecule has 1 aromatic rings. The minimum absolute atomic E-state index is 0.740. The number of aliphatic carboxylic acids is 1. The van der Waals surface area contributed by atoms with Crippen LogP contribution in [-0.4, -0.2) is 17.6 Å². The van der Waals surface area contributed by atoms with Gasteiger partial charge in [0.1, 0.15) is 0 Å². The zero-order valence-corrected chi connectivity index (χ0v) is 10.6. The van der Waals surface area contributed by atoms with Crippen LogP contribution in [-0.2, 0) is 4.79 Å². The van der Waals surface area contributed by atoms with Crippen molar-refractivity contribution in [3.05, 3.63) is 60.5 Å². The number of carboxylic acids is 1. The second-order valence-corrected chi connectivity index (χ2v) is 3.90. The van der Waals surface area contributed by atoms with Crippen molar-refractivity contribution in [3.8, 4) is 5.75 Å². The summed E-state index contributed by atoms with van der Waals surface area (Å²) < 4.78 is 5.73. The van der Waals surface area contributed by atoms with Crippen LogP contribution < -0.4 is 9.64 Å². The number of anilines is 1. The summed E-state index contributed by atoms with van der Waals surface area (Å²) in [7, 11) is 0. The van der Waals surface area contributed by atoms with Gasteiger partial charge in [-0.15, -0.1) is 0 Å². The van der Waals surface area contributed by atoms with Crippen LogP contribution in [0.5, 0.6) is 5.75 Å². The Labute approximate surface area is 111 Å². The van der Waals surface area contributed by atoms with E-state index in [4.69, 9.17) is 9.84 Å². The molecule has 19 heavy (non-hydrogen) atoms. The minimum Gasteiger partial charge on any atom is -0.478 e. The second-order valence-electron chi connectivity index (χ2n) is 3.90. The van der Waals surface area contributed by atoms with Gasteiger partial charge in [-0.05, 0) is 25.1 Å². The minimum atomic E-state index is -0.961. The summed E-state index contributed by atoms with van der Waals surface area (Å²) in [4.78, 5) is 12.4. The van der Waals surface area contributed by atoms with Gasteiger partial charge < -0.3 is 14.7 Å². The number of benzene rings is 1. The zero-order chi connectivity index (χ0) is 13.7. The molecule has 0 radical (unpaired) electrons. The summed E-state index contributed by atoms with van der Waals surface area (Å²) in [6.45, 7) is 2.86.